The molecule has 0 saturated carbocycles. The Kier molecular flexibility index (Phi) is 2.64. The van der Waals surface area contributed by atoms with Gasteiger partial charge >= 0.3 is 0 Å². The van der Waals surface area contributed by atoms with Gasteiger partial charge in [-0.3, -0.25) is 4.79 Å². The molecule has 0 spiro atoms. The highest BCUT2D eigenvalue weighted by Crippen LogP contribution is 2.23. The van der Waals surface area contributed by atoms with Gasteiger partial charge in [-0.05, 0) is 24.6 Å². The molecule has 2 aromatic rings. The summed E-state index contributed by atoms with van der Waals surface area (Å²) in [7, 11) is 0. The van der Waals surface area contributed by atoms with Crippen molar-refractivity contribution in [2.75, 3.05) is 5.75 Å². The van der Waals surface area contributed by atoms with Crippen molar-refractivity contribution in [3.63, 3.8) is 0 Å². The minimum absolute atomic E-state index is 0.186. The van der Waals surface area contributed by atoms with Crippen molar-refractivity contribution in [3.05, 3.63) is 23.8 Å². The van der Waals surface area contributed by atoms with E-state index in [0.29, 0.717) is 5.22 Å². The van der Waals surface area contributed by atoms with Crippen LogP contribution in [0.25, 0.3) is 11.1 Å². The first-order valence-corrected chi connectivity index (χ1v) is 5.42. The van der Waals surface area contributed by atoms with Crippen LogP contribution >= 0.6 is 11.8 Å². The standard InChI is InChI=1S/C10H10N2O2S/c1-6-2-3-7-8(4-6)14-10(12-7)15-5-9(11)13/h2-4H,5H2,1H3,(H2,11,13). The molecule has 0 atom stereocenters. The van der Waals surface area contributed by atoms with E-state index in [2.05, 4.69) is 4.98 Å². The summed E-state index contributed by atoms with van der Waals surface area (Å²) >= 11 is 1.21. The van der Waals surface area contributed by atoms with Crippen LogP contribution in [0.4, 0.5) is 0 Å². The number of thioether (sulfide) groups is 1. The van der Waals surface area contributed by atoms with Crippen LogP contribution in [0.2, 0.25) is 0 Å². The number of oxazole rings is 1. The Hall–Kier alpha value is -1.49. The molecule has 4 nitrogen and oxygen atoms in total. The number of aryl methyl sites for hydroxylation is 1. The predicted molar refractivity (Wildman–Crippen MR) is 58.7 cm³/mol. The number of nitrogens with two attached hydrogens (primary N) is 1. The normalized spacial score (nSPS) is 10.7. The van der Waals surface area contributed by atoms with Crippen LogP contribution < -0.4 is 5.73 Å². The number of rotatable bonds is 3. The average molecular weight is 222 g/mol. The SMILES string of the molecule is Cc1ccc2nc(SCC(N)=O)oc2c1. The first kappa shape index (κ1) is 10.0. The molecule has 0 radical (unpaired) electrons. The Morgan fingerprint density at radius 3 is 3.13 bits per heavy atom. The van der Waals surface area contributed by atoms with E-state index < -0.39 is 0 Å². The van der Waals surface area contributed by atoms with E-state index in [1.807, 2.05) is 25.1 Å². The van der Waals surface area contributed by atoms with Gasteiger partial charge in [-0.25, -0.2) is 4.98 Å². The second kappa shape index (κ2) is 3.94. The fraction of sp³-hybridized carbons (Fsp3) is 0.200. The van der Waals surface area contributed by atoms with E-state index in [9.17, 15) is 4.79 Å². The van der Waals surface area contributed by atoms with Gasteiger partial charge in [0.15, 0.2) is 5.58 Å². The zero-order valence-electron chi connectivity index (χ0n) is 8.19. The Morgan fingerprint density at radius 1 is 1.60 bits per heavy atom. The van der Waals surface area contributed by atoms with E-state index in [4.69, 9.17) is 10.2 Å². The van der Waals surface area contributed by atoms with Crippen LogP contribution in [0.1, 0.15) is 5.56 Å². The molecule has 5 heteroatoms. The molecule has 1 heterocycles. The molecule has 2 N–H and O–H groups in total. The van der Waals surface area contributed by atoms with Gasteiger partial charge in [-0.2, -0.15) is 0 Å². The summed E-state index contributed by atoms with van der Waals surface area (Å²) < 4.78 is 5.44. The molecule has 0 aliphatic heterocycles. The number of amides is 1. The zero-order chi connectivity index (χ0) is 10.8. The first-order valence-electron chi connectivity index (χ1n) is 4.43. The van der Waals surface area contributed by atoms with Crippen LogP contribution in [0.3, 0.4) is 0 Å². The van der Waals surface area contributed by atoms with Gasteiger partial charge in [0, 0.05) is 0 Å². The van der Waals surface area contributed by atoms with Crippen molar-refractivity contribution >= 4 is 28.8 Å². The maximum absolute atomic E-state index is 10.6. The third-order valence-electron chi connectivity index (χ3n) is 1.86. The van der Waals surface area contributed by atoms with Crippen LogP contribution in [-0.2, 0) is 4.79 Å². The number of carbonyl (C=O) groups is 1. The maximum Gasteiger partial charge on any atom is 0.257 e. The average Bonchev–Trinajstić information content (AvgIpc) is 2.56. The van der Waals surface area contributed by atoms with E-state index in [1.165, 1.54) is 11.8 Å². The number of fused-ring (bicyclic) bond motifs is 1. The Balaban J connectivity index is 2.27. The van der Waals surface area contributed by atoms with Gasteiger partial charge in [-0.1, -0.05) is 17.8 Å². The lowest BCUT2D eigenvalue weighted by molar-refractivity contribution is -0.115. The summed E-state index contributed by atoms with van der Waals surface area (Å²) in [5.41, 5.74) is 7.68. The number of carbonyl (C=O) groups excluding carboxylic acids is 1. The molecule has 1 amide bonds. The summed E-state index contributed by atoms with van der Waals surface area (Å²) in [5.74, 6) is -0.190. The molecule has 0 bridgehead atoms. The monoisotopic (exact) mass is 222 g/mol. The highest BCUT2D eigenvalue weighted by atomic mass is 32.2. The largest absolute Gasteiger partial charge is 0.431 e. The van der Waals surface area contributed by atoms with Crippen LogP contribution in [-0.4, -0.2) is 16.6 Å². The highest BCUT2D eigenvalue weighted by Gasteiger charge is 2.07. The number of aromatic nitrogens is 1. The van der Waals surface area contributed by atoms with Gasteiger partial charge in [0.2, 0.25) is 5.91 Å². The van der Waals surface area contributed by atoms with Crippen molar-refractivity contribution in [2.45, 2.75) is 12.1 Å². The van der Waals surface area contributed by atoms with E-state index in [0.717, 1.165) is 16.7 Å². The number of benzene rings is 1. The smallest absolute Gasteiger partial charge is 0.257 e. The second-order valence-electron chi connectivity index (χ2n) is 3.21. The highest BCUT2D eigenvalue weighted by molar-refractivity contribution is 7.99. The maximum atomic E-state index is 10.6. The third-order valence-corrected chi connectivity index (χ3v) is 2.71. The molecule has 0 unspecified atom stereocenters. The Morgan fingerprint density at radius 2 is 2.40 bits per heavy atom. The summed E-state index contributed by atoms with van der Waals surface area (Å²) in [4.78, 5) is 14.8. The summed E-state index contributed by atoms with van der Waals surface area (Å²) in [6.45, 7) is 1.98. The molecule has 1 aromatic carbocycles. The molecule has 15 heavy (non-hydrogen) atoms. The molecular weight excluding hydrogens is 212 g/mol. The van der Waals surface area contributed by atoms with Gasteiger partial charge in [0.05, 0.1) is 5.75 Å². The summed E-state index contributed by atoms with van der Waals surface area (Å²) in [6.07, 6.45) is 0. The minimum atomic E-state index is -0.376. The molecule has 78 valence electrons. The van der Waals surface area contributed by atoms with Gasteiger partial charge in [0.25, 0.3) is 5.22 Å². The van der Waals surface area contributed by atoms with Crippen molar-refractivity contribution in [3.8, 4) is 0 Å². The molecule has 0 fully saturated rings. The molecule has 0 aliphatic rings. The minimum Gasteiger partial charge on any atom is -0.431 e. The fourth-order valence-corrected chi connectivity index (χ4v) is 1.78. The lowest BCUT2D eigenvalue weighted by Crippen LogP contribution is -2.12. The van der Waals surface area contributed by atoms with Gasteiger partial charge in [-0.15, -0.1) is 0 Å². The Bertz CT molecular complexity index is 507. The first-order chi connectivity index (χ1) is 7.15. The number of primary amides is 1. The number of hydrogen-bond donors (Lipinski definition) is 1. The third kappa shape index (κ3) is 2.30. The predicted octanol–water partition coefficient (Wildman–Crippen LogP) is 1.71. The van der Waals surface area contributed by atoms with E-state index in [-0.39, 0.29) is 11.7 Å². The Labute approximate surface area is 90.8 Å². The van der Waals surface area contributed by atoms with Crippen molar-refractivity contribution in [2.24, 2.45) is 5.73 Å². The topological polar surface area (TPSA) is 69.1 Å². The lowest BCUT2D eigenvalue weighted by atomic mass is 10.2. The fourth-order valence-electron chi connectivity index (χ4n) is 1.21. The lowest BCUT2D eigenvalue weighted by Gasteiger charge is -1.89. The number of nitrogens with zero attached hydrogens (tertiary/aromatic N) is 1. The summed E-state index contributed by atoms with van der Waals surface area (Å²) in [6, 6.07) is 5.77. The quantitative estimate of drug-likeness (QED) is 0.803. The molecule has 0 saturated heterocycles. The number of hydrogen-bond acceptors (Lipinski definition) is 4. The van der Waals surface area contributed by atoms with Crippen LogP contribution in [0.5, 0.6) is 0 Å². The van der Waals surface area contributed by atoms with Crippen LogP contribution in [0, 0.1) is 6.92 Å². The zero-order valence-corrected chi connectivity index (χ0v) is 9.00. The van der Waals surface area contributed by atoms with E-state index >= 15 is 0 Å². The van der Waals surface area contributed by atoms with Gasteiger partial charge in [0.1, 0.15) is 5.52 Å². The molecule has 0 aliphatic carbocycles. The second-order valence-corrected chi connectivity index (χ2v) is 4.13. The van der Waals surface area contributed by atoms with Crippen molar-refractivity contribution in [1.29, 1.82) is 0 Å². The van der Waals surface area contributed by atoms with Crippen molar-refractivity contribution < 1.29 is 9.21 Å². The summed E-state index contributed by atoms with van der Waals surface area (Å²) in [5, 5.41) is 0.481. The van der Waals surface area contributed by atoms with Crippen molar-refractivity contribution in [1.82, 2.24) is 4.98 Å². The molecule has 1 aromatic heterocycles. The molecule has 2 rings (SSSR count). The molecular formula is C10H10N2O2S. The van der Waals surface area contributed by atoms with Crippen LogP contribution in [0.15, 0.2) is 27.8 Å². The van der Waals surface area contributed by atoms with Gasteiger partial charge < -0.3 is 10.2 Å². The van der Waals surface area contributed by atoms with E-state index in [1.54, 1.807) is 0 Å².